The summed E-state index contributed by atoms with van der Waals surface area (Å²) in [6.45, 7) is 4.85. The second kappa shape index (κ2) is 7.77. The Labute approximate surface area is 182 Å². The van der Waals surface area contributed by atoms with E-state index in [2.05, 4.69) is 41.9 Å². The number of nitrogens with one attached hydrogen (secondary N) is 1. The summed E-state index contributed by atoms with van der Waals surface area (Å²) in [6.07, 6.45) is 5.71. The number of anilines is 2. The second-order valence-electron chi connectivity index (χ2n) is 8.10. The summed E-state index contributed by atoms with van der Waals surface area (Å²) in [5, 5.41) is 5.99. The molecule has 3 unspecified atom stereocenters. The van der Waals surface area contributed by atoms with Crippen LogP contribution in [0.4, 0.5) is 11.4 Å². The molecule has 1 aromatic heterocycles. The summed E-state index contributed by atoms with van der Waals surface area (Å²) in [4.78, 5) is 16.9. The first-order valence-corrected chi connectivity index (χ1v) is 11.5. The Morgan fingerprint density at radius 1 is 1.13 bits per heavy atom. The van der Waals surface area contributed by atoms with Crippen molar-refractivity contribution in [2.75, 3.05) is 16.8 Å². The number of hydrogen-bond donors (Lipinski definition) is 1. The van der Waals surface area contributed by atoms with Gasteiger partial charge in [0.25, 0.3) is 5.91 Å². The minimum absolute atomic E-state index is 0.0510. The van der Waals surface area contributed by atoms with Crippen LogP contribution < -0.4 is 10.2 Å². The van der Waals surface area contributed by atoms with Gasteiger partial charge in [0.15, 0.2) is 0 Å². The molecule has 2 heterocycles. The molecule has 5 rings (SSSR count). The number of hydrogen-bond acceptors (Lipinski definition) is 3. The van der Waals surface area contributed by atoms with Crippen molar-refractivity contribution in [3.63, 3.8) is 0 Å². The fourth-order valence-corrected chi connectivity index (χ4v) is 6.01. The normalized spacial score (nSPS) is 21.6. The van der Waals surface area contributed by atoms with E-state index in [4.69, 9.17) is 0 Å². The molecular weight excluding hydrogens is 388 g/mol. The van der Waals surface area contributed by atoms with E-state index in [1.54, 1.807) is 0 Å². The van der Waals surface area contributed by atoms with Gasteiger partial charge in [0, 0.05) is 23.0 Å². The molecule has 152 valence electrons. The molecule has 1 amide bonds. The highest BCUT2D eigenvalue weighted by Gasteiger charge is 2.40. The monoisotopic (exact) mass is 414 g/mol. The van der Waals surface area contributed by atoms with Crippen LogP contribution in [-0.2, 0) is 0 Å². The molecule has 2 aromatic carbocycles. The Bertz CT molecular complexity index is 1100. The average Bonchev–Trinajstić information content (AvgIpc) is 3.43. The van der Waals surface area contributed by atoms with Gasteiger partial charge in [0.2, 0.25) is 0 Å². The first-order chi connectivity index (χ1) is 14.7. The number of rotatable bonds is 4. The largest absolute Gasteiger partial charge is 0.376 e. The van der Waals surface area contributed by atoms with Gasteiger partial charge < -0.3 is 10.2 Å². The molecule has 3 aromatic rings. The Balaban J connectivity index is 1.59. The zero-order valence-corrected chi connectivity index (χ0v) is 18.2. The molecular formula is C26H26N2OS. The van der Waals surface area contributed by atoms with E-state index in [0.29, 0.717) is 18.4 Å². The molecule has 1 aliphatic heterocycles. The van der Waals surface area contributed by atoms with Crippen molar-refractivity contribution >= 4 is 28.6 Å². The summed E-state index contributed by atoms with van der Waals surface area (Å²) in [5.74, 6) is 0.902. The van der Waals surface area contributed by atoms with Gasteiger partial charge in [-0.2, -0.15) is 0 Å². The lowest BCUT2D eigenvalue weighted by Gasteiger charge is -2.38. The number of para-hydroxylation sites is 2. The lowest BCUT2D eigenvalue weighted by Crippen LogP contribution is -2.34. The lowest BCUT2D eigenvalue weighted by atomic mass is 9.77. The molecule has 30 heavy (non-hydrogen) atoms. The van der Waals surface area contributed by atoms with Gasteiger partial charge in [-0.3, -0.25) is 4.79 Å². The van der Waals surface area contributed by atoms with E-state index >= 15 is 0 Å². The van der Waals surface area contributed by atoms with Crippen molar-refractivity contribution in [3.8, 4) is 0 Å². The number of carbonyl (C=O) groups excluding carboxylic acids is 1. The van der Waals surface area contributed by atoms with Gasteiger partial charge >= 0.3 is 0 Å². The standard InChI is InChI=1S/C26H26N2OS/c1-3-28(18-9-5-4-6-10-18)26(29)22-14-8-12-20-19-11-7-13-21(19)24(27-23(20)22)25-17(2)15-16-30-25/h4-12,14-16,19,21,24,27H,3,13H2,1-2H3. The first kappa shape index (κ1) is 19.1. The van der Waals surface area contributed by atoms with Crippen molar-refractivity contribution in [1.82, 2.24) is 0 Å². The number of allylic oxidation sites excluding steroid dienone is 2. The van der Waals surface area contributed by atoms with Crippen LogP contribution in [0.2, 0.25) is 0 Å². The molecule has 3 nitrogen and oxygen atoms in total. The predicted molar refractivity (Wildman–Crippen MR) is 126 cm³/mol. The van der Waals surface area contributed by atoms with Gasteiger partial charge in [-0.05, 0) is 67.0 Å². The van der Waals surface area contributed by atoms with E-state index in [1.165, 1.54) is 16.0 Å². The fraction of sp³-hybridized carbons (Fsp3) is 0.269. The third kappa shape index (κ3) is 3.07. The number of thiophene rings is 1. The van der Waals surface area contributed by atoms with Gasteiger partial charge in [0.05, 0.1) is 17.3 Å². The molecule has 0 bridgehead atoms. The summed E-state index contributed by atoms with van der Waals surface area (Å²) in [5.41, 5.74) is 5.27. The van der Waals surface area contributed by atoms with Crippen molar-refractivity contribution in [2.24, 2.45) is 5.92 Å². The smallest absolute Gasteiger partial charge is 0.260 e. The van der Waals surface area contributed by atoms with Crippen LogP contribution in [0.15, 0.2) is 72.1 Å². The van der Waals surface area contributed by atoms with Crippen LogP contribution in [-0.4, -0.2) is 12.5 Å². The van der Waals surface area contributed by atoms with Gasteiger partial charge in [0.1, 0.15) is 0 Å². The van der Waals surface area contributed by atoms with E-state index in [1.807, 2.05) is 65.6 Å². The minimum Gasteiger partial charge on any atom is -0.376 e. The Morgan fingerprint density at radius 3 is 2.70 bits per heavy atom. The Morgan fingerprint density at radius 2 is 1.97 bits per heavy atom. The molecule has 1 aliphatic carbocycles. The SMILES string of the molecule is CCN(C(=O)c1cccc2c1NC(c1sccc1C)C1CC=CC21)c1ccccc1. The van der Waals surface area contributed by atoms with Crippen LogP contribution in [0.5, 0.6) is 0 Å². The van der Waals surface area contributed by atoms with Gasteiger partial charge in [-0.1, -0.05) is 42.5 Å². The van der Waals surface area contributed by atoms with E-state index in [9.17, 15) is 4.79 Å². The zero-order valence-electron chi connectivity index (χ0n) is 17.3. The quantitative estimate of drug-likeness (QED) is 0.491. The topological polar surface area (TPSA) is 32.3 Å². The number of benzene rings is 2. The van der Waals surface area contributed by atoms with Gasteiger partial charge in [-0.15, -0.1) is 11.3 Å². The highest BCUT2D eigenvalue weighted by Crippen LogP contribution is 2.52. The minimum atomic E-state index is 0.0510. The fourth-order valence-electron chi connectivity index (χ4n) is 4.96. The van der Waals surface area contributed by atoms with E-state index in [-0.39, 0.29) is 11.9 Å². The molecule has 1 N–H and O–H groups in total. The average molecular weight is 415 g/mol. The molecule has 0 radical (unpaired) electrons. The highest BCUT2D eigenvalue weighted by molar-refractivity contribution is 7.10. The van der Waals surface area contributed by atoms with Crippen LogP contribution >= 0.6 is 11.3 Å². The summed E-state index contributed by atoms with van der Waals surface area (Å²) in [6, 6.07) is 18.6. The van der Waals surface area contributed by atoms with Gasteiger partial charge in [-0.25, -0.2) is 0 Å². The van der Waals surface area contributed by atoms with Crippen molar-refractivity contribution in [2.45, 2.75) is 32.2 Å². The molecule has 0 spiro atoms. The second-order valence-corrected chi connectivity index (χ2v) is 9.05. The van der Waals surface area contributed by atoms with E-state index in [0.717, 1.165) is 23.4 Å². The van der Waals surface area contributed by atoms with Crippen molar-refractivity contribution < 1.29 is 4.79 Å². The molecule has 2 aliphatic rings. The number of aryl methyl sites for hydroxylation is 1. The van der Waals surface area contributed by atoms with Crippen LogP contribution in [0.25, 0.3) is 0 Å². The van der Waals surface area contributed by atoms with Crippen LogP contribution in [0.1, 0.15) is 51.7 Å². The van der Waals surface area contributed by atoms with Crippen molar-refractivity contribution in [3.05, 3.63) is 93.7 Å². The molecule has 4 heteroatoms. The lowest BCUT2D eigenvalue weighted by molar-refractivity contribution is 0.0988. The maximum absolute atomic E-state index is 13.7. The predicted octanol–water partition coefficient (Wildman–Crippen LogP) is 6.55. The van der Waals surface area contributed by atoms with E-state index < -0.39 is 0 Å². The zero-order chi connectivity index (χ0) is 20.7. The highest BCUT2D eigenvalue weighted by atomic mass is 32.1. The summed E-state index contributed by atoms with van der Waals surface area (Å²) >= 11 is 1.82. The van der Waals surface area contributed by atoms with Crippen LogP contribution in [0, 0.1) is 12.8 Å². The first-order valence-electron chi connectivity index (χ1n) is 10.7. The Hall–Kier alpha value is -2.85. The third-order valence-electron chi connectivity index (χ3n) is 6.44. The maximum Gasteiger partial charge on any atom is 0.260 e. The number of fused-ring (bicyclic) bond motifs is 3. The number of amides is 1. The Kier molecular flexibility index (Phi) is 4.95. The molecule has 0 saturated carbocycles. The molecule has 3 atom stereocenters. The molecule has 0 fully saturated rings. The number of carbonyl (C=O) groups is 1. The third-order valence-corrected chi connectivity index (χ3v) is 7.54. The summed E-state index contributed by atoms with van der Waals surface area (Å²) in [7, 11) is 0. The maximum atomic E-state index is 13.7. The van der Waals surface area contributed by atoms with Crippen LogP contribution in [0.3, 0.4) is 0 Å². The molecule has 0 saturated heterocycles. The van der Waals surface area contributed by atoms with Crippen molar-refractivity contribution in [1.29, 1.82) is 0 Å². The summed E-state index contributed by atoms with van der Waals surface area (Å²) < 4.78 is 0. The number of nitrogens with zero attached hydrogens (tertiary/aromatic N) is 1.